The number of ether oxygens (including phenoxy) is 1. The van der Waals surface area contributed by atoms with Crippen LogP contribution in [0.15, 0.2) is 24.3 Å². The molecule has 1 aliphatic rings. The van der Waals surface area contributed by atoms with E-state index in [0.717, 1.165) is 11.3 Å². The second-order valence-electron chi connectivity index (χ2n) is 5.12. The van der Waals surface area contributed by atoms with E-state index in [4.69, 9.17) is 9.84 Å². The molecule has 2 unspecified atom stereocenters. The van der Waals surface area contributed by atoms with Crippen LogP contribution in [0, 0.1) is 11.3 Å². The van der Waals surface area contributed by atoms with Crippen molar-refractivity contribution in [1.82, 2.24) is 0 Å². The fourth-order valence-corrected chi connectivity index (χ4v) is 2.66. The molecule has 0 amide bonds. The fraction of sp³-hybridized carbons (Fsp3) is 0.500. The van der Waals surface area contributed by atoms with Gasteiger partial charge in [0.1, 0.15) is 5.75 Å². The molecule has 1 aromatic carbocycles. The monoisotopic (exact) mass is 234 g/mol. The average molecular weight is 234 g/mol. The molecule has 1 saturated carbocycles. The van der Waals surface area contributed by atoms with Crippen molar-refractivity contribution in [2.45, 2.75) is 26.7 Å². The van der Waals surface area contributed by atoms with Crippen LogP contribution in [0.5, 0.6) is 5.75 Å². The highest BCUT2D eigenvalue weighted by atomic mass is 16.5. The van der Waals surface area contributed by atoms with Gasteiger partial charge in [-0.2, -0.15) is 0 Å². The molecule has 2 atom stereocenters. The van der Waals surface area contributed by atoms with Crippen LogP contribution in [0.3, 0.4) is 0 Å². The van der Waals surface area contributed by atoms with Gasteiger partial charge in [-0.15, -0.1) is 0 Å². The van der Waals surface area contributed by atoms with E-state index in [-0.39, 0.29) is 17.3 Å². The Morgan fingerprint density at radius 1 is 1.35 bits per heavy atom. The second-order valence-corrected chi connectivity index (χ2v) is 5.12. The van der Waals surface area contributed by atoms with E-state index >= 15 is 0 Å². The largest absolute Gasteiger partial charge is 0.494 e. The van der Waals surface area contributed by atoms with Crippen molar-refractivity contribution in [2.75, 3.05) is 6.61 Å². The third kappa shape index (κ3) is 2.02. The zero-order valence-electron chi connectivity index (χ0n) is 10.4. The van der Waals surface area contributed by atoms with Crippen molar-refractivity contribution in [3.63, 3.8) is 0 Å². The van der Waals surface area contributed by atoms with Crippen molar-refractivity contribution in [1.29, 1.82) is 0 Å². The predicted octanol–water partition coefficient (Wildman–Crippen LogP) is 2.91. The Balaban J connectivity index is 2.17. The summed E-state index contributed by atoms with van der Waals surface area (Å²) in [6.45, 7) is 6.60. The molecule has 92 valence electrons. The Bertz CT molecular complexity index is 420. The molecule has 0 bridgehead atoms. The van der Waals surface area contributed by atoms with E-state index in [1.165, 1.54) is 0 Å². The molecule has 0 radical (unpaired) electrons. The molecule has 1 N–H and O–H groups in total. The van der Waals surface area contributed by atoms with E-state index in [9.17, 15) is 4.79 Å². The molecule has 3 heteroatoms. The Morgan fingerprint density at radius 2 is 1.94 bits per heavy atom. The van der Waals surface area contributed by atoms with Gasteiger partial charge in [0.2, 0.25) is 0 Å². The summed E-state index contributed by atoms with van der Waals surface area (Å²) in [5.41, 5.74) is 0.949. The Kier molecular flexibility index (Phi) is 2.86. The van der Waals surface area contributed by atoms with Crippen LogP contribution in [0.2, 0.25) is 0 Å². The van der Waals surface area contributed by atoms with E-state index in [0.29, 0.717) is 6.61 Å². The molecule has 1 aromatic rings. The number of hydrogen-bond donors (Lipinski definition) is 1. The van der Waals surface area contributed by atoms with Gasteiger partial charge in [0, 0.05) is 5.92 Å². The van der Waals surface area contributed by atoms with Gasteiger partial charge in [-0.1, -0.05) is 26.0 Å². The first-order chi connectivity index (χ1) is 7.98. The lowest BCUT2D eigenvalue weighted by Gasteiger charge is -2.05. The van der Waals surface area contributed by atoms with Crippen molar-refractivity contribution in [3.8, 4) is 5.75 Å². The SMILES string of the molecule is CCOc1ccc(C2C(C(=O)O)C2(C)C)cc1. The zero-order chi connectivity index (χ0) is 12.6. The second kappa shape index (κ2) is 4.06. The van der Waals surface area contributed by atoms with Crippen LogP contribution >= 0.6 is 0 Å². The molecule has 2 rings (SSSR count). The minimum absolute atomic E-state index is 0.121. The highest BCUT2D eigenvalue weighted by Gasteiger charge is 2.62. The van der Waals surface area contributed by atoms with Gasteiger partial charge in [0.25, 0.3) is 0 Å². The van der Waals surface area contributed by atoms with Crippen molar-refractivity contribution in [2.24, 2.45) is 11.3 Å². The maximum Gasteiger partial charge on any atom is 0.307 e. The van der Waals surface area contributed by atoms with Crippen LogP contribution in [-0.4, -0.2) is 17.7 Å². The minimum atomic E-state index is -0.700. The number of benzene rings is 1. The molecule has 0 heterocycles. The summed E-state index contributed by atoms with van der Waals surface area (Å²) < 4.78 is 5.37. The Labute approximate surface area is 101 Å². The normalized spacial score (nSPS) is 25.4. The quantitative estimate of drug-likeness (QED) is 0.871. The molecule has 1 fully saturated rings. The number of carboxylic acids is 1. The molecular weight excluding hydrogens is 216 g/mol. The van der Waals surface area contributed by atoms with Gasteiger partial charge in [-0.3, -0.25) is 4.79 Å². The molecule has 1 aliphatic carbocycles. The molecular formula is C14H18O3. The third-order valence-electron chi connectivity index (χ3n) is 3.64. The fourth-order valence-electron chi connectivity index (χ4n) is 2.66. The van der Waals surface area contributed by atoms with Gasteiger partial charge in [-0.05, 0) is 30.0 Å². The van der Waals surface area contributed by atoms with Crippen LogP contribution in [0.25, 0.3) is 0 Å². The predicted molar refractivity (Wildman–Crippen MR) is 65.3 cm³/mol. The van der Waals surface area contributed by atoms with Gasteiger partial charge in [-0.25, -0.2) is 0 Å². The van der Waals surface area contributed by atoms with Crippen LogP contribution in [0.1, 0.15) is 32.3 Å². The summed E-state index contributed by atoms with van der Waals surface area (Å²) in [6, 6.07) is 7.76. The van der Waals surface area contributed by atoms with Crippen LogP contribution in [-0.2, 0) is 4.79 Å². The number of carbonyl (C=O) groups is 1. The average Bonchev–Trinajstić information content (AvgIpc) is 2.83. The first-order valence-electron chi connectivity index (χ1n) is 5.94. The standard InChI is InChI=1S/C14H18O3/c1-4-17-10-7-5-9(6-8-10)11-12(13(15)16)14(11,2)3/h5-8,11-12H,4H2,1-3H3,(H,15,16). The number of aliphatic carboxylic acids is 1. The molecule has 17 heavy (non-hydrogen) atoms. The summed E-state index contributed by atoms with van der Waals surface area (Å²) in [5.74, 6) is -0.00779. The van der Waals surface area contributed by atoms with Gasteiger partial charge in [0.15, 0.2) is 0 Å². The lowest BCUT2D eigenvalue weighted by molar-refractivity contribution is -0.139. The van der Waals surface area contributed by atoms with E-state index < -0.39 is 5.97 Å². The summed E-state index contributed by atoms with van der Waals surface area (Å²) >= 11 is 0. The number of carboxylic acid groups (broad SMARTS) is 1. The van der Waals surface area contributed by atoms with Crippen molar-refractivity contribution < 1.29 is 14.6 Å². The topological polar surface area (TPSA) is 46.5 Å². The van der Waals surface area contributed by atoms with Gasteiger partial charge < -0.3 is 9.84 Å². The summed E-state index contributed by atoms with van der Waals surface area (Å²) in [4.78, 5) is 11.1. The molecule has 0 aliphatic heterocycles. The minimum Gasteiger partial charge on any atom is -0.494 e. The third-order valence-corrected chi connectivity index (χ3v) is 3.64. The van der Waals surface area contributed by atoms with Crippen molar-refractivity contribution >= 4 is 5.97 Å². The molecule has 0 aromatic heterocycles. The van der Waals surface area contributed by atoms with E-state index in [1.807, 2.05) is 45.0 Å². The van der Waals surface area contributed by atoms with Crippen LogP contribution < -0.4 is 4.74 Å². The van der Waals surface area contributed by atoms with E-state index in [2.05, 4.69) is 0 Å². The van der Waals surface area contributed by atoms with Crippen LogP contribution in [0.4, 0.5) is 0 Å². The van der Waals surface area contributed by atoms with Gasteiger partial charge in [0.05, 0.1) is 12.5 Å². The number of hydrogen-bond acceptors (Lipinski definition) is 2. The smallest absolute Gasteiger partial charge is 0.307 e. The first kappa shape index (κ1) is 12.0. The summed E-state index contributed by atoms with van der Waals surface area (Å²) in [6.07, 6.45) is 0. The molecule has 0 spiro atoms. The van der Waals surface area contributed by atoms with Gasteiger partial charge >= 0.3 is 5.97 Å². The Hall–Kier alpha value is -1.51. The Morgan fingerprint density at radius 3 is 2.35 bits per heavy atom. The van der Waals surface area contributed by atoms with E-state index in [1.54, 1.807) is 0 Å². The maximum absolute atomic E-state index is 11.1. The summed E-state index contributed by atoms with van der Waals surface area (Å²) in [5, 5.41) is 9.13. The highest BCUT2D eigenvalue weighted by Crippen LogP contribution is 2.64. The lowest BCUT2D eigenvalue weighted by Crippen LogP contribution is -2.03. The first-order valence-corrected chi connectivity index (χ1v) is 5.94. The zero-order valence-corrected chi connectivity index (χ0v) is 10.4. The van der Waals surface area contributed by atoms with Crippen molar-refractivity contribution in [3.05, 3.63) is 29.8 Å². The maximum atomic E-state index is 11.1. The molecule has 3 nitrogen and oxygen atoms in total. The number of rotatable bonds is 4. The molecule has 0 saturated heterocycles. The highest BCUT2D eigenvalue weighted by molar-refractivity contribution is 5.77. The lowest BCUT2D eigenvalue weighted by atomic mass is 10.0. The summed E-state index contributed by atoms with van der Waals surface area (Å²) in [7, 11) is 0.